The van der Waals surface area contributed by atoms with E-state index in [-0.39, 0.29) is 5.60 Å². The molecule has 1 aliphatic rings. The molecule has 6 heteroatoms. The molecule has 31 heavy (non-hydrogen) atoms. The molecule has 3 aromatic carbocycles. The molecule has 0 spiro atoms. The average Bonchev–Trinajstić information content (AvgIpc) is 3.31. The van der Waals surface area contributed by atoms with Crippen LogP contribution in [0.4, 0.5) is 0 Å². The third kappa shape index (κ3) is 3.69. The number of hydrogen-bond acceptors (Lipinski definition) is 6. The van der Waals surface area contributed by atoms with Crippen LogP contribution in [0.25, 0.3) is 22.2 Å². The number of methoxy groups -OCH3 is 1. The molecule has 4 aromatic rings. The van der Waals surface area contributed by atoms with E-state index in [1.54, 1.807) is 7.11 Å². The van der Waals surface area contributed by atoms with Gasteiger partial charge in [-0.3, -0.25) is 0 Å². The van der Waals surface area contributed by atoms with Crippen molar-refractivity contribution in [3.8, 4) is 28.7 Å². The van der Waals surface area contributed by atoms with Gasteiger partial charge in [0.15, 0.2) is 0 Å². The van der Waals surface area contributed by atoms with Gasteiger partial charge in [0, 0.05) is 21.9 Å². The highest BCUT2D eigenvalue weighted by Crippen LogP contribution is 2.45. The number of rotatable bonds is 5. The summed E-state index contributed by atoms with van der Waals surface area (Å²) < 4.78 is 23.6. The van der Waals surface area contributed by atoms with Crippen molar-refractivity contribution in [2.45, 2.75) is 38.9 Å². The van der Waals surface area contributed by atoms with Crippen molar-refractivity contribution in [3.63, 3.8) is 0 Å². The Morgan fingerprint density at radius 3 is 2.74 bits per heavy atom. The quantitative estimate of drug-likeness (QED) is 0.423. The molecule has 0 unspecified atom stereocenters. The zero-order chi connectivity index (χ0) is 21.4. The van der Waals surface area contributed by atoms with Crippen molar-refractivity contribution in [2.24, 2.45) is 0 Å². The van der Waals surface area contributed by atoms with Crippen LogP contribution >= 0.6 is 0 Å². The fraction of sp³-hybridized carbons (Fsp3) is 0.280. The van der Waals surface area contributed by atoms with Crippen LogP contribution < -0.4 is 14.2 Å². The number of benzene rings is 3. The highest BCUT2D eigenvalue weighted by Gasteiger charge is 2.31. The summed E-state index contributed by atoms with van der Waals surface area (Å²) in [6, 6.07) is 16.0. The van der Waals surface area contributed by atoms with Gasteiger partial charge >= 0.3 is 0 Å². The largest absolute Gasteiger partial charge is 0.497 e. The normalized spacial score (nSPS) is 14.7. The SMILES string of the molecule is COc1cccc(COc2cccc3c4c(c(-c5nnco5)cc23)CCC(C)(C)O4)c1. The van der Waals surface area contributed by atoms with E-state index < -0.39 is 0 Å². The van der Waals surface area contributed by atoms with Crippen molar-refractivity contribution < 1.29 is 18.6 Å². The van der Waals surface area contributed by atoms with E-state index in [1.807, 2.05) is 36.4 Å². The summed E-state index contributed by atoms with van der Waals surface area (Å²) >= 11 is 0. The third-order valence-electron chi connectivity index (χ3n) is 5.67. The molecule has 0 amide bonds. The van der Waals surface area contributed by atoms with Gasteiger partial charge in [0.2, 0.25) is 12.3 Å². The molecule has 5 rings (SSSR count). The summed E-state index contributed by atoms with van der Waals surface area (Å²) in [6.07, 6.45) is 3.15. The Balaban J connectivity index is 1.61. The first-order chi connectivity index (χ1) is 15.0. The van der Waals surface area contributed by atoms with Crippen LogP contribution in [-0.2, 0) is 13.0 Å². The number of aromatic nitrogens is 2. The van der Waals surface area contributed by atoms with Crippen molar-refractivity contribution >= 4 is 10.8 Å². The minimum absolute atomic E-state index is 0.245. The van der Waals surface area contributed by atoms with Crippen molar-refractivity contribution in [1.29, 1.82) is 0 Å². The standard InChI is InChI=1S/C25H24N2O4/c1-25(2)11-10-19-21(24-27-26-15-30-24)13-20-18(23(19)31-25)8-5-9-22(20)29-14-16-6-4-7-17(12-16)28-3/h4-9,12-13,15H,10-11,14H2,1-3H3. The van der Waals surface area contributed by atoms with E-state index in [0.29, 0.717) is 12.5 Å². The predicted octanol–water partition coefficient (Wildman–Crippen LogP) is 5.58. The van der Waals surface area contributed by atoms with E-state index in [4.69, 9.17) is 18.6 Å². The summed E-state index contributed by atoms with van der Waals surface area (Å²) in [4.78, 5) is 0. The lowest BCUT2D eigenvalue weighted by atomic mass is 9.88. The molecule has 0 aliphatic carbocycles. The van der Waals surface area contributed by atoms with Crippen LogP contribution in [0.1, 0.15) is 31.4 Å². The number of fused-ring (bicyclic) bond motifs is 3. The minimum Gasteiger partial charge on any atom is -0.497 e. The van der Waals surface area contributed by atoms with Crippen LogP contribution in [0.3, 0.4) is 0 Å². The third-order valence-corrected chi connectivity index (χ3v) is 5.67. The van der Waals surface area contributed by atoms with E-state index in [9.17, 15) is 0 Å². The van der Waals surface area contributed by atoms with Crippen molar-refractivity contribution in [3.05, 3.63) is 66.1 Å². The van der Waals surface area contributed by atoms with Gasteiger partial charge in [0.1, 0.15) is 29.5 Å². The Labute approximate surface area is 180 Å². The summed E-state index contributed by atoms with van der Waals surface area (Å²) in [6.45, 7) is 4.66. The molecule has 0 N–H and O–H groups in total. The van der Waals surface area contributed by atoms with Gasteiger partial charge in [-0.15, -0.1) is 10.2 Å². The summed E-state index contributed by atoms with van der Waals surface area (Å²) in [5.41, 5.74) is 2.78. The molecule has 0 fully saturated rings. The minimum atomic E-state index is -0.245. The molecule has 6 nitrogen and oxygen atoms in total. The smallest absolute Gasteiger partial charge is 0.247 e. The molecule has 2 heterocycles. The second kappa shape index (κ2) is 7.61. The van der Waals surface area contributed by atoms with Crippen LogP contribution in [-0.4, -0.2) is 22.9 Å². The lowest BCUT2D eigenvalue weighted by Crippen LogP contribution is -2.33. The first-order valence-corrected chi connectivity index (χ1v) is 10.3. The maximum Gasteiger partial charge on any atom is 0.247 e. The first kappa shape index (κ1) is 19.4. The summed E-state index contributed by atoms with van der Waals surface area (Å²) in [5.74, 6) is 2.94. The Kier molecular flexibility index (Phi) is 4.77. The van der Waals surface area contributed by atoms with Gasteiger partial charge in [-0.25, -0.2) is 0 Å². The molecule has 0 saturated heterocycles. The van der Waals surface area contributed by atoms with Gasteiger partial charge in [0.25, 0.3) is 0 Å². The summed E-state index contributed by atoms with van der Waals surface area (Å²) in [5, 5.41) is 10.00. The van der Waals surface area contributed by atoms with Gasteiger partial charge in [-0.05, 0) is 56.5 Å². The fourth-order valence-electron chi connectivity index (χ4n) is 4.06. The van der Waals surface area contributed by atoms with Gasteiger partial charge in [0.05, 0.1) is 7.11 Å². The Morgan fingerprint density at radius 2 is 1.94 bits per heavy atom. The molecule has 158 valence electrons. The molecule has 0 saturated carbocycles. The van der Waals surface area contributed by atoms with Crippen LogP contribution in [0.2, 0.25) is 0 Å². The number of nitrogens with zero attached hydrogens (tertiary/aromatic N) is 2. The van der Waals surface area contributed by atoms with Gasteiger partial charge in [-0.1, -0.05) is 24.3 Å². The second-order valence-electron chi connectivity index (χ2n) is 8.33. The van der Waals surface area contributed by atoms with Gasteiger partial charge < -0.3 is 18.6 Å². The van der Waals surface area contributed by atoms with E-state index in [2.05, 4.69) is 36.2 Å². The zero-order valence-electron chi connectivity index (χ0n) is 17.8. The van der Waals surface area contributed by atoms with Crippen LogP contribution in [0, 0.1) is 0 Å². The highest BCUT2D eigenvalue weighted by molar-refractivity contribution is 5.98. The van der Waals surface area contributed by atoms with E-state index >= 15 is 0 Å². The maximum atomic E-state index is 6.46. The molecular formula is C25H24N2O4. The maximum absolute atomic E-state index is 6.46. The Hall–Kier alpha value is -3.54. The molecule has 0 bridgehead atoms. The lowest BCUT2D eigenvalue weighted by molar-refractivity contribution is 0.0870. The average molecular weight is 416 g/mol. The Morgan fingerprint density at radius 1 is 1.06 bits per heavy atom. The lowest BCUT2D eigenvalue weighted by Gasteiger charge is -2.34. The van der Waals surface area contributed by atoms with Crippen LogP contribution in [0.15, 0.2) is 59.3 Å². The predicted molar refractivity (Wildman–Crippen MR) is 118 cm³/mol. The van der Waals surface area contributed by atoms with E-state index in [0.717, 1.165) is 57.6 Å². The molecule has 0 atom stereocenters. The molecule has 1 aliphatic heterocycles. The monoisotopic (exact) mass is 416 g/mol. The van der Waals surface area contributed by atoms with Crippen LogP contribution in [0.5, 0.6) is 17.2 Å². The van der Waals surface area contributed by atoms with Crippen molar-refractivity contribution in [2.75, 3.05) is 7.11 Å². The number of hydrogen-bond donors (Lipinski definition) is 0. The van der Waals surface area contributed by atoms with Gasteiger partial charge in [-0.2, -0.15) is 0 Å². The zero-order valence-corrected chi connectivity index (χ0v) is 17.8. The fourth-order valence-corrected chi connectivity index (χ4v) is 4.06. The highest BCUT2D eigenvalue weighted by atomic mass is 16.5. The molecule has 1 aromatic heterocycles. The van der Waals surface area contributed by atoms with E-state index in [1.165, 1.54) is 6.39 Å². The molecule has 0 radical (unpaired) electrons. The summed E-state index contributed by atoms with van der Waals surface area (Å²) in [7, 11) is 1.66. The number of ether oxygens (including phenoxy) is 3. The molecular weight excluding hydrogens is 392 g/mol. The first-order valence-electron chi connectivity index (χ1n) is 10.3. The van der Waals surface area contributed by atoms with Crippen molar-refractivity contribution in [1.82, 2.24) is 10.2 Å². The Bertz CT molecular complexity index is 1230. The second-order valence-corrected chi connectivity index (χ2v) is 8.33. The topological polar surface area (TPSA) is 66.6 Å².